The van der Waals surface area contributed by atoms with Gasteiger partial charge in [0.25, 0.3) is 23.6 Å². The molecule has 0 radical (unpaired) electrons. The number of nitrogens with zero attached hydrogens (tertiary/aromatic N) is 6. The van der Waals surface area contributed by atoms with Crippen molar-refractivity contribution in [3.63, 3.8) is 0 Å². The smallest absolute Gasteiger partial charge is 0.303 e. The van der Waals surface area contributed by atoms with Gasteiger partial charge in [-0.3, -0.25) is 58.1 Å². The van der Waals surface area contributed by atoms with E-state index in [1.54, 1.807) is 106 Å². The second-order valence-corrected chi connectivity index (χ2v) is 35.1. The number of methoxy groups -OCH3 is 2. The number of nitrogen functional groups attached to an aromatic ring is 1. The molecule has 0 saturated heterocycles. The third-order valence-electron chi connectivity index (χ3n) is 17.9. The third kappa shape index (κ3) is 21.2. The van der Waals surface area contributed by atoms with E-state index in [1.807, 2.05) is 61.0 Å². The number of carbonyl (C=O) groups is 8. The summed E-state index contributed by atoms with van der Waals surface area (Å²) in [6, 6.07) is 35.8. The standard InChI is InChI=1S/C38H40N6O6S3.C21H20N2O5.C17H22N4O2S3.CH4/c1-38(2,53(4)51)16-15-34(46)40-24-11-13-25(14-12-24)41-35(47)29-22-52-37(42-29)43-33(45)10-7-17-50-32-20-28-27(19-31(32)49-3)36(48)44-26(21-39-28)18-23-8-5-6-9-30(23)44;1-27-18-10-15-16(11-19(18)28-8-4-7-20(24)25)22-12-14-9-13-5-2-3-6-17(13)23(14)21(15)26;1-17(2,26(3)24)9-8-14(22)19-11-4-6-12(7-5-11)20-15(23)13-10-25-16(18)21-13;/h5-6,8-9,11-14,19-22,26H,7,10,15-18H2,1-4H3,(H,40,46)(H,41,47)(H,42,43,45);2-3,5-6,10-12,14H,4,7-9H2,1H3,(H,24,25);4-7,10H,8-9H2,1-3H3,(H2,18,21)(H,19,22)(H,20,23);1H4/t26-,53?;14-;;/m00../s1. The number of carboxylic acid groups (broad SMARTS) is 1. The van der Waals surface area contributed by atoms with Gasteiger partial charge < -0.3 is 56.4 Å². The lowest BCUT2D eigenvalue weighted by Crippen LogP contribution is -2.37. The van der Waals surface area contributed by atoms with Crippen molar-refractivity contribution in [3.8, 4) is 23.0 Å². The van der Waals surface area contributed by atoms with Crippen molar-refractivity contribution in [1.82, 2.24) is 9.97 Å². The number of aliphatic carboxylic acids is 1. The van der Waals surface area contributed by atoms with Crippen molar-refractivity contribution in [1.29, 1.82) is 0 Å². The number of aromatic nitrogens is 2. The maximum atomic E-state index is 13.6. The minimum Gasteiger partial charge on any atom is -0.493 e. The van der Waals surface area contributed by atoms with Gasteiger partial charge in [-0.2, -0.15) is 0 Å². The molecule has 4 aliphatic heterocycles. The number of para-hydroxylation sites is 2. The maximum absolute atomic E-state index is 13.6. The largest absolute Gasteiger partial charge is 0.493 e. The lowest BCUT2D eigenvalue weighted by atomic mass is 10.1. The molecule has 25 nitrogen and oxygen atoms in total. The van der Waals surface area contributed by atoms with Crippen LogP contribution >= 0.6 is 22.7 Å². The predicted molar refractivity (Wildman–Crippen MR) is 439 cm³/mol. The quantitative estimate of drug-likeness (QED) is 0.0235. The Kier molecular flexibility index (Phi) is 28.1. The van der Waals surface area contributed by atoms with Crippen molar-refractivity contribution in [3.05, 3.63) is 166 Å². The Morgan fingerprint density at radius 1 is 0.556 bits per heavy atom. The van der Waals surface area contributed by atoms with E-state index in [-0.39, 0.29) is 121 Å². The number of ether oxygens (including phenoxy) is 4. The van der Waals surface area contributed by atoms with Crippen molar-refractivity contribution >= 4 is 179 Å². The first-order chi connectivity index (χ1) is 51.2. The van der Waals surface area contributed by atoms with E-state index < -0.39 is 11.9 Å². The van der Waals surface area contributed by atoms with E-state index in [9.17, 15) is 38.4 Å². The molecule has 2 unspecified atom stereocenters. The van der Waals surface area contributed by atoms with Gasteiger partial charge >= 0.3 is 5.97 Å². The molecule has 0 bridgehead atoms. The van der Waals surface area contributed by atoms with Crippen LogP contribution in [-0.2, 0) is 73.3 Å². The van der Waals surface area contributed by atoms with Crippen LogP contribution in [-0.4, -0.2) is 136 Å². The van der Waals surface area contributed by atoms with Gasteiger partial charge in [-0.25, -0.2) is 9.97 Å². The summed E-state index contributed by atoms with van der Waals surface area (Å²) in [6.07, 6.45) is 12.2. The molecule has 4 aliphatic rings. The molecule has 0 spiro atoms. The number of anilines is 8. The Hall–Kier alpha value is -10.2. The predicted octanol–water partition coefficient (Wildman–Crippen LogP) is 13.7. The number of nitrogens with one attached hydrogen (secondary N) is 5. The summed E-state index contributed by atoms with van der Waals surface area (Å²) in [5, 5.41) is 26.5. The number of nitrogens with two attached hydrogens (primary N) is 1. The van der Waals surface area contributed by atoms with Crippen LogP contribution in [0, 0.1) is 0 Å². The minimum atomic E-state index is -0.867. The SMILES string of the molecule is C.COc1cc2c(cc1OCCCC(=O)Nc1nc(C(=O)Nc3ccc(NC(=O)CCC(C)(C)S(C)=S)cc3)cs1)N=C[C@@H]1Cc3ccccc3N1C2=O.COc1cc2c(cc1OCCCC(=O)O)N=C[C@@H]1Cc3ccccc3N1C2=O.CS(=S)C(C)(C)CCC(=O)Nc1ccc(NC(=O)c2csc(N)n2)cc1. The zero-order valence-corrected chi connectivity index (χ0v) is 65.0. The van der Waals surface area contributed by atoms with E-state index in [2.05, 4.69) is 74.2 Å². The highest BCUT2D eigenvalue weighted by atomic mass is 32.8. The number of carbonyl (C=O) groups excluding carboxylic acids is 7. The van der Waals surface area contributed by atoms with Crippen molar-refractivity contribution in [2.75, 3.05) is 82.1 Å². The highest BCUT2D eigenvalue weighted by molar-refractivity contribution is 8.29. The van der Waals surface area contributed by atoms with Crippen LogP contribution in [0.1, 0.15) is 139 Å². The molecular weight excluding hydrogens is 1490 g/mol. The molecule has 31 heteroatoms. The van der Waals surface area contributed by atoms with Gasteiger partial charge in [0.05, 0.1) is 62.0 Å². The Labute approximate surface area is 649 Å². The molecule has 7 amide bonds. The van der Waals surface area contributed by atoms with Crippen LogP contribution in [0.15, 0.2) is 142 Å². The number of benzene rings is 6. The molecule has 6 aromatic carbocycles. The van der Waals surface area contributed by atoms with Gasteiger partial charge in [0, 0.05) is 117 Å². The lowest BCUT2D eigenvalue weighted by Gasteiger charge is -2.23. The van der Waals surface area contributed by atoms with E-state index in [4.69, 9.17) is 52.2 Å². The molecule has 0 aliphatic carbocycles. The summed E-state index contributed by atoms with van der Waals surface area (Å²) in [6.45, 7) is 8.77. The van der Waals surface area contributed by atoms with Crippen LogP contribution < -0.4 is 61.1 Å². The summed E-state index contributed by atoms with van der Waals surface area (Å²) in [4.78, 5) is 120. The molecular formula is C77H86N12O13S6. The number of carboxylic acids is 1. The molecule has 2 aromatic heterocycles. The summed E-state index contributed by atoms with van der Waals surface area (Å²) in [7, 11) is 2.64. The molecule has 0 fully saturated rings. The van der Waals surface area contributed by atoms with Crippen LogP contribution in [0.25, 0.3) is 0 Å². The van der Waals surface area contributed by atoms with E-state index in [0.717, 1.165) is 46.7 Å². The van der Waals surface area contributed by atoms with Crippen LogP contribution in [0.2, 0.25) is 0 Å². The Bertz CT molecular complexity index is 4770. The maximum Gasteiger partial charge on any atom is 0.303 e. The molecule has 108 heavy (non-hydrogen) atoms. The van der Waals surface area contributed by atoms with Crippen LogP contribution in [0.4, 0.5) is 55.8 Å². The average molecular weight is 1580 g/mol. The Balaban J connectivity index is 0.000000205. The molecule has 0 saturated carbocycles. The zero-order chi connectivity index (χ0) is 76.7. The fraction of sp³-hybridized carbons (Fsp3) is 0.325. The van der Waals surface area contributed by atoms with Crippen molar-refractivity contribution in [2.45, 2.75) is 121 Å². The van der Waals surface area contributed by atoms with E-state index in [1.165, 1.54) is 25.6 Å². The monoisotopic (exact) mass is 1580 g/mol. The second kappa shape index (κ2) is 37.1. The number of thiazole rings is 2. The first-order valence-electron chi connectivity index (χ1n) is 34.1. The van der Waals surface area contributed by atoms with Crippen LogP contribution in [0.5, 0.6) is 23.0 Å². The number of rotatable bonds is 27. The number of hydrogen-bond acceptors (Lipinski definition) is 21. The average Bonchev–Trinajstić information content (AvgIpc) is 1.61. The van der Waals surface area contributed by atoms with Crippen molar-refractivity contribution in [2.24, 2.45) is 9.98 Å². The van der Waals surface area contributed by atoms with Gasteiger partial charge in [-0.1, -0.05) is 93.9 Å². The molecule has 568 valence electrons. The molecule has 4 atom stereocenters. The number of amides is 7. The number of aliphatic imine (C=N–C) groups is 2. The summed E-state index contributed by atoms with van der Waals surface area (Å²) >= 11 is 13.1. The topological polar surface area (TPSA) is 337 Å². The minimum absolute atomic E-state index is 0. The number of fused-ring (bicyclic) bond motifs is 8. The highest BCUT2D eigenvalue weighted by Crippen LogP contribution is 2.43. The molecule has 12 rings (SSSR count). The van der Waals surface area contributed by atoms with Gasteiger partial charge in [0.2, 0.25) is 17.7 Å². The van der Waals surface area contributed by atoms with E-state index in [0.29, 0.717) is 117 Å². The van der Waals surface area contributed by atoms with Gasteiger partial charge in [-0.05, 0) is 122 Å². The van der Waals surface area contributed by atoms with Gasteiger partial charge in [0.15, 0.2) is 33.3 Å². The van der Waals surface area contributed by atoms with E-state index >= 15 is 0 Å². The first kappa shape index (κ1) is 81.9. The third-order valence-corrected chi connectivity index (χ3v) is 25.6. The molecule has 8 aromatic rings. The Morgan fingerprint density at radius 3 is 1.36 bits per heavy atom. The molecule has 8 N–H and O–H groups in total. The van der Waals surface area contributed by atoms with Crippen molar-refractivity contribution < 1.29 is 62.4 Å². The highest BCUT2D eigenvalue weighted by Gasteiger charge is 2.38. The second-order valence-electron chi connectivity index (χ2n) is 26.3. The van der Waals surface area contributed by atoms with Gasteiger partial charge in [0.1, 0.15) is 11.4 Å². The zero-order valence-electron chi connectivity index (χ0n) is 60.1. The molecule has 6 heterocycles. The van der Waals surface area contributed by atoms with Gasteiger partial charge in [-0.15, -0.1) is 41.6 Å². The fourth-order valence-electron chi connectivity index (χ4n) is 11.4. The summed E-state index contributed by atoms with van der Waals surface area (Å²) in [5.74, 6) is -0.633. The lowest BCUT2D eigenvalue weighted by molar-refractivity contribution is -0.137. The first-order valence-corrected chi connectivity index (χ1v) is 40.9. The van der Waals surface area contributed by atoms with Crippen LogP contribution in [0.3, 0.4) is 0 Å². The normalized spacial score (nSPS) is 14.7. The summed E-state index contributed by atoms with van der Waals surface area (Å²) in [5.41, 5.74) is 14.3. The fourth-order valence-corrected chi connectivity index (χ4v) is 14.0. The summed E-state index contributed by atoms with van der Waals surface area (Å²) < 4.78 is 22.5. The Morgan fingerprint density at radius 2 is 0.954 bits per heavy atom. The number of hydrogen-bond donors (Lipinski definition) is 7.